The summed E-state index contributed by atoms with van der Waals surface area (Å²) in [6.07, 6.45) is 11.4. The van der Waals surface area contributed by atoms with E-state index in [1.807, 2.05) is 0 Å². The molecule has 2 nitrogen and oxygen atoms in total. The molecule has 0 heterocycles. The molecule has 0 bridgehead atoms. The predicted octanol–water partition coefficient (Wildman–Crippen LogP) is 3.49. The number of hydrogen-bond donors (Lipinski definition) is 0. The summed E-state index contributed by atoms with van der Waals surface area (Å²) in [5, 5.41) is 0. The van der Waals surface area contributed by atoms with Crippen LogP contribution in [-0.4, -0.2) is 12.5 Å². The van der Waals surface area contributed by atoms with Crippen molar-refractivity contribution in [2.45, 2.75) is 58.3 Å². The van der Waals surface area contributed by atoms with Crippen molar-refractivity contribution in [3.8, 4) is 0 Å². The molecule has 0 aliphatic carbocycles. The lowest BCUT2D eigenvalue weighted by Crippen LogP contribution is -1.88. The van der Waals surface area contributed by atoms with Crippen molar-refractivity contribution in [1.82, 2.24) is 0 Å². The summed E-state index contributed by atoms with van der Waals surface area (Å²) in [6.45, 7) is 2.89. The summed E-state index contributed by atoms with van der Waals surface area (Å²) in [4.78, 5) is 9.73. The van der Waals surface area contributed by atoms with Gasteiger partial charge < -0.3 is 4.74 Å². The van der Waals surface area contributed by atoms with E-state index < -0.39 is 0 Å². The minimum absolute atomic E-state index is 0.657. The normalized spacial score (nSPS) is 9.50. The number of ether oxygens (including phenoxy) is 1. The monoisotopic (exact) mass is 198 g/mol. The van der Waals surface area contributed by atoms with Crippen molar-refractivity contribution in [3.05, 3.63) is 6.26 Å². The SMILES string of the molecule is CCCCCCCCCCOC=C=O. The van der Waals surface area contributed by atoms with E-state index in [0.29, 0.717) is 6.61 Å². The molecule has 0 aromatic heterocycles. The summed E-state index contributed by atoms with van der Waals surface area (Å²) in [7, 11) is 0. The molecule has 2 heteroatoms. The summed E-state index contributed by atoms with van der Waals surface area (Å²) in [5.74, 6) is 1.60. The number of carbonyl (C=O) groups excluding carboxylic acids is 1. The fraction of sp³-hybridized carbons (Fsp3) is 0.833. The molecule has 0 saturated carbocycles. The average molecular weight is 198 g/mol. The van der Waals surface area contributed by atoms with Gasteiger partial charge in [0.2, 0.25) is 0 Å². The van der Waals surface area contributed by atoms with Crippen LogP contribution in [0.3, 0.4) is 0 Å². The van der Waals surface area contributed by atoms with Crippen LogP contribution >= 0.6 is 0 Å². The molecule has 0 aromatic carbocycles. The fourth-order valence-corrected chi connectivity index (χ4v) is 1.41. The Hall–Kier alpha value is -0.750. The van der Waals surface area contributed by atoms with Gasteiger partial charge in [-0.3, -0.25) is 0 Å². The molecule has 0 aliphatic rings. The first-order valence-electron chi connectivity index (χ1n) is 5.72. The van der Waals surface area contributed by atoms with E-state index in [9.17, 15) is 4.79 Å². The summed E-state index contributed by atoms with van der Waals surface area (Å²) in [6, 6.07) is 0. The Morgan fingerprint density at radius 1 is 1.00 bits per heavy atom. The van der Waals surface area contributed by atoms with Gasteiger partial charge in [0, 0.05) is 0 Å². The first-order valence-corrected chi connectivity index (χ1v) is 5.72. The molecule has 0 amide bonds. The Labute approximate surface area is 87.3 Å². The van der Waals surface area contributed by atoms with Crippen molar-refractivity contribution < 1.29 is 9.53 Å². The number of rotatable bonds is 10. The summed E-state index contributed by atoms with van der Waals surface area (Å²) in [5.41, 5.74) is 0. The Kier molecular flexibility index (Phi) is 11.6. The molecule has 0 atom stereocenters. The van der Waals surface area contributed by atoms with Crippen LogP contribution in [-0.2, 0) is 9.53 Å². The third-order valence-corrected chi connectivity index (χ3v) is 2.25. The minimum Gasteiger partial charge on any atom is -0.490 e. The molecule has 0 fully saturated rings. The van der Waals surface area contributed by atoms with Gasteiger partial charge in [0.05, 0.1) is 6.61 Å². The quantitative estimate of drug-likeness (QED) is 0.305. The summed E-state index contributed by atoms with van der Waals surface area (Å²) >= 11 is 0. The van der Waals surface area contributed by atoms with Gasteiger partial charge in [-0.25, -0.2) is 4.79 Å². The van der Waals surface area contributed by atoms with Crippen molar-refractivity contribution in [2.75, 3.05) is 6.61 Å². The maximum absolute atomic E-state index is 9.73. The van der Waals surface area contributed by atoms with Gasteiger partial charge >= 0.3 is 0 Å². The van der Waals surface area contributed by atoms with Gasteiger partial charge in [0.1, 0.15) is 0 Å². The maximum atomic E-state index is 9.73. The minimum atomic E-state index is 0.657. The lowest BCUT2D eigenvalue weighted by atomic mass is 10.1. The smallest absolute Gasteiger partial charge is 0.166 e. The maximum Gasteiger partial charge on any atom is 0.166 e. The van der Waals surface area contributed by atoms with E-state index >= 15 is 0 Å². The molecule has 0 saturated heterocycles. The predicted molar refractivity (Wildman–Crippen MR) is 58.8 cm³/mol. The second-order valence-electron chi connectivity index (χ2n) is 3.58. The molecule has 0 spiro atoms. The highest BCUT2D eigenvalue weighted by molar-refractivity contribution is 5.42. The van der Waals surface area contributed by atoms with Crippen LogP contribution in [0.2, 0.25) is 0 Å². The molecule has 14 heavy (non-hydrogen) atoms. The average Bonchev–Trinajstić information content (AvgIpc) is 2.21. The first-order chi connectivity index (χ1) is 6.91. The van der Waals surface area contributed by atoms with E-state index in [4.69, 9.17) is 4.74 Å². The van der Waals surface area contributed by atoms with Gasteiger partial charge in [0.25, 0.3) is 0 Å². The van der Waals surface area contributed by atoms with Gasteiger partial charge in [-0.05, 0) is 6.42 Å². The van der Waals surface area contributed by atoms with Crippen LogP contribution < -0.4 is 0 Å². The molecule has 0 aromatic rings. The van der Waals surface area contributed by atoms with E-state index in [-0.39, 0.29) is 0 Å². The van der Waals surface area contributed by atoms with Crippen molar-refractivity contribution in [3.63, 3.8) is 0 Å². The highest BCUT2D eigenvalue weighted by Gasteiger charge is 1.90. The molecule has 0 aliphatic heterocycles. The molecule has 0 unspecified atom stereocenters. The standard InChI is InChI=1S/C12H22O2/c1-2-3-4-5-6-7-8-9-11-14-12-10-13/h12H,2-9,11H2,1H3. The third kappa shape index (κ3) is 11.2. The Morgan fingerprint density at radius 3 is 2.14 bits per heavy atom. The number of hydrogen-bond acceptors (Lipinski definition) is 2. The van der Waals surface area contributed by atoms with E-state index in [2.05, 4.69) is 6.92 Å². The second-order valence-corrected chi connectivity index (χ2v) is 3.58. The Morgan fingerprint density at radius 2 is 1.57 bits per heavy atom. The fourth-order valence-electron chi connectivity index (χ4n) is 1.41. The lowest BCUT2D eigenvalue weighted by molar-refractivity contribution is 0.242. The summed E-state index contributed by atoms with van der Waals surface area (Å²) < 4.78 is 4.88. The molecular formula is C12H22O2. The molecule has 82 valence electrons. The van der Waals surface area contributed by atoms with Crippen molar-refractivity contribution in [1.29, 1.82) is 0 Å². The van der Waals surface area contributed by atoms with Crippen LogP contribution in [0.4, 0.5) is 0 Å². The number of unbranched alkanes of at least 4 members (excludes halogenated alkanes) is 7. The largest absolute Gasteiger partial charge is 0.490 e. The zero-order valence-electron chi connectivity index (χ0n) is 9.26. The lowest BCUT2D eigenvalue weighted by Gasteiger charge is -2.00. The van der Waals surface area contributed by atoms with E-state index in [1.165, 1.54) is 44.9 Å². The first kappa shape index (κ1) is 13.2. The molecular weight excluding hydrogens is 176 g/mol. The van der Waals surface area contributed by atoms with Gasteiger partial charge in [0.15, 0.2) is 12.2 Å². The van der Waals surface area contributed by atoms with Crippen LogP contribution in [0.5, 0.6) is 0 Å². The topological polar surface area (TPSA) is 26.3 Å². The van der Waals surface area contributed by atoms with Crippen LogP contribution in [0.15, 0.2) is 6.26 Å². The second kappa shape index (κ2) is 12.2. The highest BCUT2D eigenvalue weighted by atomic mass is 16.5. The van der Waals surface area contributed by atoms with Gasteiger partial charge in [-0.15, -0.1) is 0 Å². The zero-order valence-corrected chi connectivity index (χ0v) is 9.26. The van der Waals surface area contributed by atoms with Crippen molar-refractivity contribution >= 4 is 5.94 Å². The van der Waals surface area contributed by atoms with E-state index in [1.54, 1.807) is 5.94 Å². The molecule has 0 radical (unpaired) electrons. The van der Waals surface area contributed by atoms with Gasteiger partial charge in [-0.1, -0.05) is 51.9 Å². The Bertz CT molecular complexity index is 148. The van der Waals surface area contributed by atoms with Gasteiger partial charge in [-0.2, -0.15) is 0 Å². The van der Waals surface area contributed by atoms with Crippen LogP contribution in [0, 0.1) is 0 Å². The van der Waals surface area contributed by atoms with E-state index in [0.717, 1.165) is 12.7 Å². The zero-order chi connectivity index (χ0) is 10.5. The van der Waals surface area contributed by atoms with Crippen LogP contribution in [0.25, 0.3) is 0 Å². The van der Waals surface area contributed by atoms with Crippen LogP contribution in [0.1, 0.15) is 58.3 Å². The van der Waals surface area contributed by atoms with Crippen molar-refractivity contribution in [2.24, 2.45) is 0 Å². The molecule has 0 rings (SSSR count). The Balaban J connectivity index is 2.88. The molecule has 0 N–H and O–H groups in total. The highest BCUT2D eigenvalue weighted by Crippen LogP contribution is 2.08. The third-order valence-electron chi connectivity index (χ3n) is 2.25.